The molecule has 0 aliphatic heterocycles. The number of halogens is 3. The first-order chi connectivity index (χ1) is 5.20. The topological polar surface area (TPSA) is 112 Å². The van der Waals surface area contributed by atoms with Crippen molar-refractivity contribution in [3.8, 4) is 0 Å². The maximum atomic E-state index is 9.92. The molecule has 0 aromatic heterocycles. The third-order valence-electron chi connectivity index (χ3n) is 0. The monoisotopic (exact) mass is 344 g/mol. The van der Waals surface area contributed by atoms with Crippen molar-refractivity contribution in [1.29, 1.82) is 0 Å². The van der Waals surface area contributed by atoms with E-state index in [0.29, 0.717) is 0 Å². The molecule has 0 bridgehead atoms. The van der Waals surface area contributed by atoms with Crippen LogP contribution >= 0.6 is 0 Å². The quantitative estimate of drug-likeness (QED) is 0.580. The Balaban J connectivity index is -0.0000000450. The zero-order valence-corrected chi connectivity index (χ0v) is 8.23. The molecule has 0 heterocycles. The van der Waals surface area contributed by atoms with Gasteiger partial charge < -0.3 is 15.3 Å². The second kappa shape index (κ2) is 17.6. The standard InChI is InChI=1S/3CHFO2.Sm/c3*2-1(3)4;/h3*(H,3,4);. The average Bonchev–Trinajstić information content (AvgIpc) is 1.54. The molecule has 0 saturated heterocycles. The van der Waals surface area contributed by atoms with Crippen LogP contribution in [0.2, 0.25) is 0 Å². The summed E-state index contributed by atoms with van der Waals surface area (Å²) in [6.07, 6.45) is -7.00. The molecular formula is C3H3F3O6Sm. The van der Waals surface area contributed by atoms with Gasteiger partial charge in [-0.3, -0.25) is 0 Å². The normalized spacial score (nSPS) is 5.77. The summed E-state index contributed by atoms with van der Waals surface area (Å²) in [4.78, 5) is 25.0. The van der Waals surface area contributed by atoms with Crippen molar-refractivity contribution in [3.63, 3.8) is 0 Å². The SMILES string of the molecule is O=C(O)F.O=C(O)F.O=C(O)F.[Sm]. The minimum atomic E-state index is -2.33. The minimum absolute atomic E-state index is 0. The number of rotatable bonds is 0. The van der Waals surface area contributed by atoms with E-state index in [1.807, 2.05) is 0 Å². The van der Waals surface area contributed by atoms with Crippen LogP contribution < -0.4 is 0 Å². The smallest absolute Gasteiger partial charge is 0.456 e. The minimum Gasteiger partial charge on any atom is -0.456 e. The Hall–Kier alpha value is -0.462. The van der Waals surface area contributed by atoms with E-state index < -0.39 is 18.7 Å². The Morgan fingerprint density at radius 1 is 0.692 bits per heavy atom. The number of carbonyl (C=O) groups is 3. The van der Waals surface area contributed by atoms with Crippen LogP contribution in [0.15, 0.2) is 0 Å². The molecule has 13 heavy (non-hydrogen) atoms. The van der Waals surface area contributed by atoms with Crippen LogP contribution in [0, 0.1) is 40.4 Å². The van der Waals surface area contributed by atoms with Crippen LogP contribution in [0.25, 0.3) is 0 Å². The molecule has 78 valence electrons. The predicted molar refractivity (Wildman–Crippen MR) is 27.4 cm³/mol. The molecule has 0 aromatic carbocycles. The molecule has 0 amide bonds. The Kier molecular flexibility index (Phi) is 31.0. The Bertz CT molecular complexity index is 121. The number of hydrogen-bond donors (Lipinski definition) is 3. The number of carboxylic acid groups (broad SMARTS) is 3. The average molecular weight is 342 g/mol. The van der Waals surface area contributed by atoms with Gasteiger partial charge in [-0.1, -0.05) is 0 Å². The molecule has 0 atom stereocenters. The molecule has 0 spiro atoms. The maximum absolute atomic E-state index is 9.92. The predicted octanol–water partition coefficient (Wildman–Crippen LogP) is 1.90. The van der Waals surface area contributed by atoms with Gasteiger partial charge in [-0.2, -0.15) is 0 Å². The molecule has 6 nitrogen and oxygen atoms in total. The molecule has 0 fully saturated rings. The van der Waals surface area contributed by atoms with E-state index in [9.17, 15) is 13.2 Å². The van der Waals surface area contributed by atoms with E-state index in [4.69, 9.17) is 29.7 Å². The van der Waals surface area contributed by atoms with Crippen LogP contribution in [0.1, 0.15) is 0 Å². The third-order valence-corrected chi connectivity index (χ3v) is 0. The largest absolute Gasteiger partial charge is 0.492 e. The first-order valence-electron chi connectivity index (χ1n) is 1.85. The summed E-state index contributed by atoms with van der Waals surface area (Å²) < 4.78 is 29.8. The molecule has 0 aliphatic rings. The summed E-state index contributed by atoms with van der Waals surface area (Å²) in [5, 5.41) is 20.2. The van der Waals surface area contributed by atoms with Gasteiger partial charge in [0.2, 0.25) is 0 Å². The van der Waals surface area contributed by atoms with Crippen LogP contribution in [0.3, 0.4) is 0 Å². The van der Waals surface area contributed by atoms with E-state index in [1.165, 1.54) is 0 Å². The summed E-state index contributed by atoms with van der Waals surface area (Å²) in [5.41, 5.74) is 0. The van der Waals surface area contributed by atoms with Crippen LogP contribution in [-0.2, 0) is 0 Å². The van der Waals surface area contributed by atoms with Crippen LogP contribution in [-0.4, -0.2) is 34.0 Å². The van der Waals surface area contributed by atoms with E-state index in [-0.39, 0.29) is 40.4 Å². The van der Waals surface area contributed by atoms with Gasteiger partial charge in [0, 0.05) is 40.4 Å². The molecule has 0 aliphatic carbocycles. The van der Waals surface area contributed by atoms with E-state index in [2.05, 4.69) is 0 Å². The fourth-order valence-electron chi connectivity index (χ4n) is 0. The fourth-order valence-corrected chi connectivity index (χ4v) is 0. The molecule has 0 rings (SSSR count). The molecule has 0 unspecified atom stereocenters. The van der Waals surface area contributed by atoms with Gasteiger partial charge in [-0.05, 0) is 0 Å². The van der Waals surface area contributed by atoms with Crippen molar-refractivity contribution >= 4 is 18.7 Å². The van der Waals surface area contributed by atoms with Crippen molar-refractivity contribution in [1.82, 2.24) is 0 Å². The van der Waals surface area contributed by atoms with Gasteiger partial charge in [-0.25, -0.2) is 14.4 Å². The van der Waals surface area contributed by atoms with Crippen molar-refractivity contribution in [3.05, 3.63) is 0 Å². The first kappa shape index (κ1) is 22.9. The van der Waals surface area contributed by atoms with Crippen LogP contribution in [0.5, 0.6) is 0 Å². The molecule has 10 heteroatoms. The molecule has 0 aromatic rings. The summed E-state index contributed by atoms with van der Waals surface area (Å²) >= 11 is 0. The first-order valence-corrected chi connectivity index (χ1v) is 1.85. The van der Waals surface area contributed by atoms with Gasteiger partial charge in [0.25, 0.3) is 0 Å². The Morgan fingerprint density at radius 2 is 0.692 bits per heavy atom. The third kappa shape index (κ3) is 4910. The van der Waals surface area contributed by atoms with Gasteiger partial charge in [0.15, 0.2) is 0 Å². The van der Waals surface area contributed by atoms with E-state index >= 15 is 0 Å². The van der Waals surface area contributed by atoms with Gasteiger partial charge in [-0.15, -0.1) is 13.2 Å². The zero-order valence-electron chi connectivity index (χ0n) is 5.61. The fraction of sp³-hybridized carbons (Fsp3) is 0. The van der Waals surface area contributed by atoms with Crippen molar-refractivity contribution < 1.29 is 83.3 Å². The van der Waals surface area contributed by atoms with Gasteiger partial charge >= 0.3 is 18.7 Å². The number of hydrogen-bond acceptors (Lipinski definition) is 3. The summed E-state index contributed by atoms with van der Waals surface area (Å²) in [5.74, 6) is 0. The Morgan fingerprint density at radius 3 is 0.692 bits per heavy atom. The second-order valence-corrected chi connectivity index (χ2v) is 0.759. The summed E-state index contributed by atoms with van der Waals surface area (Å²) in [6.45, 7) is 0. The summed E-state index contributed by atoms with van der Waals surface area (Å²) in [7, 11) is 0. The molecule has 0 saturated carbocycles. The summed E-state index contributed by atoms with van der Waals surface area (Å²) in [6, 6.07) is 0. The molecule has 3 N–H and O–H groups in total. The maximum Gasteiger partial charge on any atom is 0.492 e. The second-order valence-electron chi connectivity index (χ2n) is 0.759. The zero-order chi connectivity index (χ0) is 10.7. The van der Waals surface area contributed by atoms with Crippen molar-refractivity contribution in [2.45, 2.75) is 0 Å². The van der Waals surface area contributed by atoms with E-state index in [0.717, 1.165) is 0 Å². The molecule has 0 radical (unpaired) electrons. The van der Waals surface area contributed by atoms with Crippen LogP contribution in [0.4, 0.5) is 27.6 Å². The molecular weight excluding hydrogens is 339 g/mol. The van der Waals surface area contributed by atoms with Crippen molar-refractivity contribution in [2.24, 2.45) is 0 Å². The van der Waals surface area contributed by atoms with Gasteiger partial charge in [0.05, 0.1) is 0 Å². The van der Waals surface area contributed by atoms with Crippen molar-refractivity contribution in [2.75, 3.05) is 0 Å². The van der Waals surface area contributed by atoms with Gasteiger partial charge in [0.1, 0.15) is 0 Å². The Labute approximate surface area is 101 Å². The van der Waals surface area contributed by atoms with E-state index in [1.54, 1.807) is 0 Å².